The summed E-state index contributed by atoms with van der Waals surface area (Å²) < 4.78 is 24.2. The molecule has 4 heteroatoms. The molecule has 0 aliphatic heterocycles. The molecule has 96 valence electrons. The van der Waals surface area contributed by atoms with Gasteiger partial charge in [0.15, 0.2) is 0 Å². The number of alkyl halides is 2. The third-order valence-corrected chi connectivity index (χ3v) is 3.16. The molecule has 0 spiro atoms. The summed E-state index contributed by atoms with van der Waals surface area (Å²) in [6, 6.07) is 7.16. The van der Waals surface area contributed by atoms with Crippen LogP contribution in [0.2, 0.25) is 0 Å². The normalized spacial score (nSPS) is 10.8. The standard InChI is InChI=1S/C13H19F2NS/c1-2-3-4-5-10-16-11-6-8-12(9-7-11)17-13(14)15/h6-9,13,16H,2-5,10H2,1H3. The van der Waals surface area contributed by atoms with Gasteiger partial charge < -0.3 is 5.32 Å². The van der Waals surface area contributed by atoms with Crippen molar-refractivity contribution in [1.29, 1.82) is 0 Å². The fourth-order valence-corrected chi connectivity index (χ4v) is 2.04. The molecule has 0 saturated heterocycles. The molecule has 0 aromatic heterocycles. The zero-order valence-electron chi connectivity index (χ0n) is 10.1. The van der Waals surface area contributed by atoms with Crippen LogP contribution < -0.4 is 5.32 Å². The van der Waals surface area contributed by atoms with Crippen LogP contribution in [-0.4, -0.2) is 12.3 Å². The Labute approximate surface area is 106 Å². The molecule has 0 aliphatic rings. The zero-order chi connectivity index (χ0) is 12.5. The molecular weight excluding hydrogens is 240 g/mol. The van der Waals surface area contributed by atoms with Crippen LogP contribution in [0.1, 0.15) is 32.6 Å². The van der Waals surface area contributed by atoms with Crippen LogP contribution in [0.4, 0.5) is 14.5 Å². The second-order valence-corrected chi connectivity index (χ2v) is 4.95. The minimum Gasteiger partial charge on any atom is -0.385 e. The predicted molar refractivity (Wildman–Crippen MR) is 70.9 cm³/mol. The van der Waals surface area contributed by atoms with Gasteiger partial charge in [-0.25, -0.2) is 0 Å². The van der Waals surface area contributed by atoms with E-state index in [0.29, 0.717) is 16.7 Å². The van der Waals surface area contributed by atoms with E-state index in [4.69, 9.17) is 0 Å². The molecule has 17 heavy (non-hydrogen) atoms. The number of anilines is 1. The van der Waals surface area contributed by atoms with E-state index in [9.17, 15) is 8.78 Å². The lowest BCUT2D eigenvalue weighted by molar-refractivity contribution is 0.252. The molecule has 0 atom stereocenters. The van der Waals surface area contributed by atoms with Gasteiger partial charge in [-0.05, 0) is 30.7 Å². The molecular formula is C13H19F2NS. The van der Waals surface area contributed by atoms with E-state index in [1.165, 1.54) is 19.3 Å². The van der Waals surface area contributed by atoms with Crippen molar-refractivity contribution in [3.63, 3.8) is 0 Å². The molecule has 1 aromatic carbocycles. The van der Waals surface area contributed by atoms with E-state index >= 15 is 0 Å². The van der Waals surface area contributed by atoms with Crippen molar-refractivity contribution in [1.82, 2.24) is 0 Å². The maximum atomic E-state index is 12.1. The van der Waals surface area contributed by atoms with Gasteiger partial charge >= 0.3 is 0 Å². The third kappa shape index (κ3) is 6.51. The Bertz CT molecular complexity index is 301. The molecule has 0 bridgehead atoms. The summed E-state index contributed by atoms with van der Waals surface area (Å²) in [6.07, 6.45) is 4.90. The van der Waals surface area contributed by atoms with Crippen molar-refractivity contribution >= 4 is 17.4 Å². The van der Waals surface area contributed by atoms with E-state index in [1.54, 1.807) is 12.1 Å². The Morgan fingerprint density at radius 2 is 1.82 bits per heavy atom. The first kappa shape index (κ1) is 14.3. The minimum absolute atomic E-state index is 0.581. The maximum absolute atomic E-state index is 12.1. The largest absolute Gasteiger partial charge is 0.385 e. The van der Waals surface area contributed by atoms with Crippen LogP contribution in [0, 0.1) is 0 Å². The first-order valence-corrected chi connectivity index (χ1v) is 6.89. The van der Waals surface area contributed by atoms with Crippen molar-refractivity contribution < 1.29 is 8.78 Å². The number of halogens is 2. The van der Waals surface area contributed by atoms with E-state index in [-0.39, 0.29) is 0 Å². The lowest BCUT2D eigenvalue weighted by Crippen LogP contribution is -2.00. The lowest BCUT2D eigenvalue weighted by atomic mass is 10.2. The number of benzene rings is 1. The highest BCUT2D eigenvalue weighted by Crippen LogP contribution is 2.26. The highest BCUT2D eigenvalue weighted by molar-refractivity contribution is 7.99. The van der Waals surface area contributed by atoms with E-state index in [1.807, 2.05) is 12.1 Å². The van der Waals surface area contributed by atoms with Crippen LogP contribution in [0.5, 0.6) is 0 Å². The highest BCUT2D eigenvalue weighted by atomic mass is 32.2. The van der Waals surface area contributed by atoms with Gasteiger partial charge in [-0.2, -0.15) is 8.78 Å². The molecule has 1 N–H and O–H groups in total. The molecule has 0 amide bonds. The molecule has 0 saturated carbocycles. The van der Waals surface area contributed by atoms with Gasteiger partial charge in [-0.3, -0.25) is 0 Å². The molecule has 1 nitrogen and oxygen atoms in total. The summed E-state index contributed by atoms with van der Waals surface area (Å²) in [5.41, 5.74) is 1.00. The Morgan fingerprint density at radius 3 is 2.41 bits per heavy atom. The van der Waals surface area contributed by atoms with Gasteiger partial charge in [0.1, 0.15) is 0 Å². The van der Waals surface area contributed by atoms with E-state index < -0.39 is 5.76 Å². The summed E-state index contributed by atoms with van der Waals surface area (Å²) in [4.78, 5) is 0.608. The molecule has 0 heterocycles. The number of thioether (sulfide) groups is 1. The number of unbranched alkanes of at least 4 members (excludes halogenated alkanes) is 3. The van der Waals surface area contributed by atoms with Crippen LogP contribution in [-0.2, 0) is 0 Å². The zero-order valence-corrected chi connectivity index (χ0v) is 10.9. The smallest absolute Gasteiger partial charge is 0.288 e. The fourth-order valence-electron chi connectivity index (χ4n) is 1.54. The van der Waals surface area contributed by atoms with Crippen LogP contribution >= 0.6 is 11.8 Å². The van der Waals surface area contributed by atoms with Crippen LogP contribution in [0.25, 0.3) is 0 Å². The Kier molecular flexibility index (Phi) is 7.01. The van der Waals surface area contributed by atoms with Crippen LogP contribution in [0.15, 0.2) is 29.2 Å². The number of hydrogen-bond donors (Lipinski definition) is 1. The Morgan fingerprint density at radius 1 is 1.12 bits per heavy atom. The fraction of sp³-hybridized carbons (Fsp3) is 0.538. The number of rotatable bonds is 8. The summed E-state index contributed by atoms with van der Waals surface area (Å²) >= 11 is 0.581. The first-order valence-electron chi connectivity index (χ1n) is 6.01. The number of nitrogens with one attached hydrogen (secondary N) is 1. The predicted octanol–water partition coefficient (Wildman–Crippen LogP) is 4.99. The summed E-state index contributed by atoms with van der Waals surface area (Å²) in [7, 11) is 0. The topological polar surface area (TPSA) is 12.0 Å². The van der Waals surface area contributed by atoms with Gasteiger partial charge in [0, 0.05) is 17.1 Å². The van der Waals surface area contributed by atoms with E-state index in [2.05, 4.69) is 12.2 Å². The van der Waals surface area contributed by atoms with Gasteiger partial charge in [-0.1, -0.05) is 37.9 Å². The Hall–Kier alpha value is -0.770. The lowest BCUT2D eigenvalue weighted by Gasteiger charge is -2.07. The van der Waals surface area contributed by atoms with Crippen molar-refractivity contribution in [3.8, 4) is 0 Å². The minimum atomic E-state index is -2.34. The number of hydrogen-bond acceptors (Lipinski definition) is 2. The monoisotopic (exact) mass is 259 g/mol. The van der Waals surface area contributed by atoms with Crippen molar-refractivity contribution in [2.75, 3.05) is 11.9 Å². The van der Waals surface area contributed by atoms with Crippen LogP contribution in [0.3, 0.4) is 0 Å². The van der Waals surface area contributed by atoms with Gasteiger partial charge in [0.25, 0.3) is 5.76 Å². The first-order chi connectivity index (χ1) is 8.22. The highest BCUT2D eigenvalue weighted by Gasteiger charge is 2.04. The second kappa shape index (κ2) is 8.34. The van der Waals surface area contributed by atoms with Gasteiger partial charge in [0.2, 0.25) is 0 Å². The van der Waals surface area contributed by atoms with Crippen molar-refractivity contribution in [2.45, 2.75) is 43.3 Å². The third-order valence-electron chi connectivity index (χ3n) is 2.44. The molecule has 0 fully saturated rings. The molecule has 1 rings (SSSR count). The van der Waals surface area contributed by atoms with Crippen molar-refractivity contribution in [2.24, 2.45) is 0 Å². The second-order valence-electron chi connectivity index (χ2n) is 3.89. The SMILES string of the molecule is CCCCCCNc1ccc(SC(F)F)cc1. The molecule has 0 aliphatic carbocycles. The van der Waals surface area contributed by atoms with Gasteiger partial charge in [0.05, 0.1) is 0 Å². The Balaban J connectivity index is 2.25. The summed E-state index contributed by atoms with van der Waals surface area (Å²) in [5.74, 6) is -2.34. The molecule has 0 radical (unpaired) electrons. The summed E-state index contributed by atoms with van der Waals surface area (Å²) in [5, 5.41) is 3.29. The van der Waals surface area contributed by atoms with Gasteiger partial charge in [-0.15, -0.1) is 0 Å². The molecule has 0 unspecified atom stereocenters. The summed E-state index contributed by atoms with van der Waals surface area (Å²) in [6.45, 7) is 3.13. The average Bonchev–Trinajstić information content (AvgIpc) is 2.30. The maximum Gasteiger partial charge on any atom is 0.288 e. The quantitative estimate of drug-likeness (QED) is 0.521. The van der Waals surface area contributed by atoms with Crippen molar-refractivity contribution in [3.05, 3.63) is 24.3 Å². The molecule has 1 aromatic rings. The van der Waals surface area contributed by atoms with E-state index in [0.717, 1.165) is 18.7 Å². The average molecular weight is 259 g/mol.